The van der Waals surface area contributed by atoms with Gasteiger partial charge in [-0.1, -0.05) is 50.0 Å². The number of carbonyl (C=O) groups excluding carboxylic acids is 4. The molecule has 8 nitrogen and oxygen atoms in total. The zero-order chi connectivity index (χ0) is 32.2. The van der Waals surface area contributed by atoms with Crippen LogP contribution in [0.4, 0.5) is 0 Å². The lowest BCUT2D eigenvalue weighted by molar-refractivity contribution is -0.131. The SMILES string of the molecule is C=CC(=O)Oc1ccc(C#Cc2cc(OC(=O)C(=C)C)c(C#Cc3ccc(OC(=O)C=C)cc3)cc2OC(=O)C(=C)C)cc1. The third kappa shape index (κ3) is 9.34. The molecule has 44 heavy (non-hydrogen) atoms. The lowest BCUT2D eigenvalue weighted by atomic mass is 10.1. The fraction of sp³-hybridized carbons (Fsp3) is 0.0556. The summed E-state index contributed by atoms with van der Waals surface area (Å²) in [4.78, 5) is 47.8. The summed E-state index contributed by atoms with van der Waals surface area (Å²) < 4.78 is 21.2. The summed E-state index contributed by atoms with van der Waals surface area (Å²) in [5.41, 5.74) is 1.82. The third-order valence-electron chi connectivity index (χ3n) is 5.35. The van der Waals surface area contributed by atoms with Crippen molar-refractivity contribution in [1.82, 2.24) is 0 Å². The van der Waals surface area contributed by atoms with Gasteiger partial charge in [0.25, 0.3) is 0 Å². The Hall–Kier alpha value is -6.38. The summed E-state index contributed by atoms with van der Waals surface area (Å²) in [6.07, 6.45) is 2.10. The van der Waals surface area contributed by atoms with E-state index in [1.807, 2.05) is 0 Å². The highest BCUT2D eigenvalue weighted by Gasteiger charge is 2.17. The molecule has 0 N–H and O–H groups in total. The molecule has 0 aromatic heterocycles. The van der Waals surface area contributed by atoms with E-state index < -0.39 is 23.9 Å². The Labute approximate surface area is 254 Å². The summed E-state index contributed by atoms with van der Waals surface area (Å²) >= 11 is 0. The molecule has 3 rings (SSSR count). The van der Waals surface area contributed by atoms with Crippen LogP contribution in [-0.4, -0.2) is 23.9 Å². The maximum absolute atomic E-state index is 12.5. The second-order valence-electron chi connectivity index (χ2n) is 8.98. The van der Waals surface area contributed by atoms with Gasteiger partial charge in [-0.15, -0.1) is 0 Å². The van der Waals surface area contributed by atoms with Crippen LogP contribution in [-0.2, 0) is 19.2 Å². The third-order valence-corrected chi connectivity index (χ3v) is 5.35. The van der Waals surface area contributed by atoms with Gasteiger partial charge in [-0.3, -0.25) is 0 Å². The molecule has 0 aliphatic rings. The Bertz CT molecular complexity index is 1670. The van der Waals surface area contributed by atoms with E-state index in [4.69, 9.17) is 18.9 Å². The van der Waals surface area contributed by atoms with Crippen LogP contribution < -0.4 is 18.9 Å². The predicted octanol–water partition coefficient (Wildman–Crippen LogP) is 5.63. The fourth-order valence-corrected chi connectivity index (χ4v) is 3.11. The molecule has 3 aromatic rings. The normalized spacial score (nSPS) is 9.50. The number of ether oxygens (including phenoxy) is 4. The maximum Gasteiger partial charge on any atom is 0.338 e. The molecule has 0 heterocycles. The first kappa shape index (κ1) is 32.1. The first-order chi connectivity index (χ1) is 21.0. The molecule has 0 saturated heterocycles. The highest BCUT2D eigenvalue weighted by Crippen LogP contribution is 2.30. The summed E-state index contributed by atoms with van der Waals surface area (Å²) in [6.45, 7) is 16.9. The Kier molecular flexibility index (Phi) is 11.0. The van der Waals surface area contributed by atoms with Crippen LogP contribution in [0.15, 0.2) is 110 Å². The van der Waals surface area contributed by atoms with Crippen LogP contribution in [0.2, 0.25) is 0 Å². The molecule has 0 aliphatic carbocycles. The van der Waals surface area contributed by atoms with Crippen molar-refractivity contribution in [3.8, 4) is 46.7 Å². The molecule has 0 saturated carbocycles. The number of carbonyl (C=O) groups is 4. The zero-order valence-electron chi connectivity index (χ0n) is 24.0. The van der Waals surface area contributed by atoms with Gasteiger partial charge in [0.1, 0.15) is 23.0 Å². The summed E-state index contributed by atoms with van der Waals surface area (Å²) in [7, 11) is 0. The Morgan fingerprint density at radius 1 is 0.568 bits per heavy atom. The van der Waals surface area contributed by atoms with Crippen molar-refractivity contribution in [3.05, 3.63) is 133 Å². The highest BCUT2D eigenvalue weighted by molar-refractivity contribution is 5.90. The van der Waals surface area contributed by atoms with Gasteiger partial charge in [0.05, 0.1) is 11.1 Å². The summed E-state index contributed by atoms with van der Waals surface area (Å²) in [6, 6.07) is 15.6. The first-order valence-corrected chi connectivity index (χ1v) is 12.8. The van der Waals surface area contributed by atoms with Crippen molar-refractivity contribution in [3.63, 3.8) is 0 Å². The minimum atomic E-state index is -0.698. The molecule has 0 bridgehead atoms. The van der Waals surface area contributed by atoms with Gasteiger partial charge in [0, 0.05) is 46.6 Å². The lowest BCUT2D eigenvalue weighted by Crippen LogP contribution is -2.12. The molecule has 3 aromatic carbocycles. The van der Waals surface area contributed by atoms with Crippen LogP contribution in [0, 0.1) is 23.7 Å². The van der Waals surface area contributed by atoms with E-state index in [-0.39, 0.29) is 33.8 Å². The van der Waals surface area contributed by atoms with Crippen molar-refractivity contribution in [2.24, 2.45) is 0 Å². The maximum atomic E-state index is 12.5. The van der Waals surface area contributed by atoms with Crippen LogP contribution in [0.3, 0.4) is 0 Å². The molecule has 0 amide bonds. The lowest BCUT2D eigenvalue weighted by Gasteiger charge is -2.12. The number of benzene rings is 3. The van der Waals surface area contributed by atoms with Crippen molar-refractivity contribution < 1.29 is 38.1 Å². The van der Waals surface area contributed by atoms with E-state index in [0.717, 1.165) is 12.2 Å². The minimum Gasteiger partial charge on any atom is -0.423 e. The second-order valence-corrected chi connectivity index (χ2v) is 8.98. The number of hydrogen-bond donors (Lipinski definition) is 0. The van der Waals surface area contributed by atoms with Gasteiger partial charge in [-0.2, -0.15) is 0 Å². The molecule has 0 fully saturated rings. The molecule has 8 heteroatoms. The van der Waals surface area contributed by atoms with E-state index in [9.17, 15) is 19.2 Å². The summed E-state index contributed by atoms with van der Waals surface area (Å²) in [5.74, 6) is 9.85. The molecular weight excluding hydrogens is 560 g/mol. The van der Waals surface area contributed by atoms with E-state index >= 15 is 0 Å². The van der Waals surface area contributed by atoms with Crippen LogP contribution >= 0.6 is 0 Å². The zero-order valence-corrected chi connectivity index (χ0v) is 24.0. The highest BCUT2D eigenvalue weighted by atomic mass is 16.5. The van der Waals surface area contributed by atoms with E-state index in [1.54, 1.807) is 48.5 Å². The van der Waals surface area contributed by atoms with Crippen molar-refractivity contribution in [2.75, 3.05) is 0 Å². The van der Waals surface area contributed by atoms with Gasteiger partial charge in [-0.25, -0.2) is 19.2 Å². The Morgan fingerprint density at radius 3 is 1.20 bits per heavy atom. The quantitative estimate of drug-likeness (QED) is 0.145. The van der Waals surface area contributed by atoms with Gasteiger partial charge in [-0.05, 0) is 62.4 Å². The van der Waals surface area contributed by atoms with Crippen molar-refractivity contribution >= 4 is 23.9 Å². The first-order valence-electron chi connectivity index (χ1n) is 12.8. The topological polar surface area (TPSA) is 105 Å². The molecule has 0 unspecified atom stereocenters. The van der Waals surface area contributed by atoms with Crippen LogP contribution in [0.5, 0.6) is 23.0 Å². The molecule has 0 atom stereocenters. The number of esters is 4. The average molecular weight is 587 g/mol. The molecule has 0 spiro atoms. The van der Waals surface area contributed by atoms with Crippen LogP contribution in [0.1, 0.15) is 36.1 Å². The monoisotopic (exact) mass is 586 g/mol. The Morgan fingerprint density at radius 2 is 0.909 bits per heavy atom. The molecule has 0 aliphatic heterocycles. The minimum absolute atomic E-state index is 0.0492. The number of rotatable bonds is 8. The van der Waals surface area contributed by atoms with Gasteiger partial charge in [0.2, 0.25) is 0 Å². The molecular formula is C36H26O8. The predicted molar refractivity (Wildman–Crippen MR) is 164 cm³/mol. The summed E-state index contributed by atoms with van der Waals surface area (Å²) in [5, 5.41) is 0. The van der Waals surface area contributed by atoms with Gasteiger partial charge in [0.15, 0.2) is 0 Å². The fourth-order valence-electron chi connectivity index (χ4n) is 3.11. The second kappa shape index (κ2) is 15.0. The van der Waals surface area contributed by atoms with Crippen molar-refractivity contribution in [2.45, 2.75) is 13.8 Å². The van der Waals surface area contributed by atoms with E-state index in [2.05, 4.69) is 50.0 Å². The smallest absolute Gasteiger partial charge is 0.338 e. The van der Waals surface area contributed by atoms with E-state index in [0.29, 0.717) is 22.6 Å². The average Bonchev–Trinajstić information content (AvgIpc) is 3.01. The van der Waals surface area contributed by atoms with Gasteiger partial charge < -0.3 is 18.9 Å². The largest absolute Gasteiger partial charge is 0.423 e. The van der Waals surface area contributed by atoms with E-state index in [1.165, 1.54) is 26.0 Å². The van der Waals surface area contributed by atoms with Crippen LogP contribution in [0.25, 0.3) is 0 Å². The van der Waals surface area contributed by atoms with Gasteiger partial charge >= 0.3 is 23.9 Å². The Balaban J connectivity index is 2.08. The molecule has 0 radical (unpaired) electrons. The standard InChI is InChI=1S/C36H26O8/c1-7-33(37)41-29-17-11-25(12-18-29)9-15-27-21-32(44-36(40)24(5)6)28(22-31(27)43-35(39)23(3)4)16-10-26-13-19-30(20-14-26)42-34(38)8-2/h7-8,11-14,17-22H,1-3,5H2,4,6H3. The molecule has 218 valence electrons. The van der Waals surface area contributed by atoms with Crippen molar-refractivity contribution in [1.29, 1.82) is 0 Å². The number of hydrogen-bond acceptors (Lipinski definition) is 8.